The molecule has 1 atom stereocenters. The lowest BCUT2D eigenvalue weighted by Crippen LogP contribution is -2.29. The second-order valence-corrected chi connectivity index (χ2v) is 4.52. The SMILES string of the molecule is CC(c1ccccc1O)N(C)C(=O)c1ccnc(F)c1. The van der Waals surface area contributed by atoms with Crippen molar-refractivity contribution in [2.24, 2.45) is 0 Å². The van der Waals surface area contributed by atoms with E-state index in [-0.39, 0.29) is 23.3 Å². The number of aromatic nitrogens is 1. The van der Waals surface area contributed by atoms with E-state index in [1.165, 1.54) is 17.2 Å². The lowest BCUT2D eigenvalue weighted by molar-refractivity contribution is 0.0740. The molecular formula is C15H15FN2O2. The van der Waals surface area contributed by atoms with E-state index in [4.69, 9.17) is 0 Å². The van der Waals surface area contributed by atoms with Crippen molar-refractivity contribution in [3.8, 4) is 5.75 Å². The van der Waals surface area contributed by atoms with Gasteiger partial charge in [0.1, 0.15) is 5.75 Å². The summed E-state index contributed by atoms with van der Waals surface area (Å²) < 4.78 is 13.1. The fraction of sp³-hybridized carbons (Fsp3) is 0.200. The Morgan fingerprint density at radius 2 is 2.05 bits per heavy atom. The predicted molar refractivity (Wildman–Crippen MR) is 72.8 cm³/mol. The predicted octanol–water partition coefficient (Wildman–Crippen LogP) is 2.76. The molecule has 1 N–H and O–H groups in total. The molecule has 0 bridgehead atoms. The summed E-state index contributed by atoms with van der Waals surface area (Å²) in [5.74, 6) is -0.901. The van der Waals surface area contributed by atoms with Crippen LogP contribution in [0.15, 0.2) is 42.6 Å². The van der Waals surface area contributed by atoms with Crippen molar-refractivity contribution in [1.82, 2.24) is 9.88 Å². The molecule has 2 rings (SSSR count). The van der Waals surface area contributed by atoms with Gasteiger partial charge in [0, 0.05) is 30.4 Å². The van der Waals surface area contributed by atoms with E-state index in [2.05, 4.69) is 4.98 Å². The molecule has 1 aromatic carbocycles. The van der Waals surface area contributed by atoms with Crippen molar-refractivity contribution >= 4 is 5.91 Å². The summed E-state index contributed by atoms with van der Waals surface area (Å²) in [6, 6.07) is 9.03. The largest absolute Gasteiger partial charge is 0.508 e. The third kappa shape index (κ3) is 2.77. The van der Waals surface area contributed by atoms with E-state index in [1.807, 2.05) is 0 Å². The van der Waals surface area contributed by atoms with E-state index in [1.54, 1.807) is 38.2 Å². The Labute approximate surface area is 116 Å². The Balaban J connectivity index is 2.25. The molecule has 1 aromatic heterocycles. The maximum absolute atomic E-state index is 13.1. The van der Waals surface area contributed by atoms with Crippen LogP contribution in [0.1, 0.15) is 28.9 Å². The molecule has 4 nitrogen and oxygen atoms in total. The normalized spacial score (nSPS) is 11.9. The molecule has 1 unspecified atom stereocenters. The van der Waals surface area contributed by atoms with Crippen LogP contribution < -0.4 is 0 Å². The van der Waals surface area contributed by atoms with Crippen LogP contribution in [0.2, 0.25) is 0 Å². The van der Waals surface area contributed by atoms with Crippen LogP contribution in [0.3, 0.4) is 0 Å². The first-order chi connectivity index (χ1) is 9.50. The number of rotatable bonds is 3. The number of carbonyl (C=O) groups excluding carboxylic acids is 1. The number of phenolic OH excluding ortho intramolecular Hbond substituents is 1. The van der Waals surface area contributed by atoms with Gasteiger partial charge in [-0.25, -0.2) is 4.98 Å². The highest BCUT2D eigenvalue weighted by Gasteiger charge is 2.21. The molecule has 0 spiro atoms. The topological polar surface area (TPSA) is 53.4 Å². The van der Waals surface area contributed by atoms with Gasteiger partial charge in [-0.3, -0.25) is 4.79 Å². The average molecular weight is 274 g/mol. The van der Waals surface area contributed by atoms with Gasteiger partial charge in [-0.1, -0.05) is 18.2 Å². The first-order valence-corrected chi connectivity index (χ1v) is 6.17. The standard InChI is InChI=1S/C15H15FN2O2/c1-10(12-5-3-4-6-13(12)19)18(2)15(20)11-7-8-17-14(16)9-11/h3-10,19H,1-2H3. The van der Waals surface area contributed by atoms with Crippen molar-refractivity contribution in [3.05, 3.63) is 59.7 Å². The summed E-state index contributed by atoms with van der Waals surface area (Å²) in [6.07, 6.45) is 1.25. The summed E-state index contributed by atoms with van der Waals surface area (Å²) in [7, 11) is 1.61. The van der Waals surface area contributed by atoms with E-state index in [9.17, 15) is 14.3 Å². The van der Waals surface area contributed by atoms with Gasteiger partial charge in [-0.2, -0.15) is 4.39 Å². The number of carbonyl (C=O) groups is 1. The first kappa shape index (κ1) is 14.0. The zero-order chi connectivity index (χ0) is 14.7. The molecule has 0 saturated carbocycles. The van der Waals surface area contributed by atoms with Crippen LogP contribution in [-0.4, -0.2) is 27.9 Å². The van der Waals surface area contributed by atoms with Crippen LogP contribution in [0, 0.1) is 5.95 Å². The summed E-state index contributed by atoms with van der Waals surface area (Å²) >= 11 is 0. The van der Waals surface area contributed by atoms with Crippen molar-refractivity contribution in [3.63, 3.8) is 0 Å². The van der Waals surface area contributed by atoms with Crippen molar-refractivity contribution in [1.29, 1.82) is 0 Å². The zero-order valence-corrected chi connectivity index (χ0v) is 11.2. The van der Waals surface area contributed by atoms with Gasteiger partial charge < -0.3 is 10.0 Å². The van der Waals surface area contributed by atoms with Gasteiger partial charge in [0.2, 0.25) is 5.95 Å². The summed E-state index contributed by atoms with van der Waals surface area (Å²) in [6.45, 7) is 1.80. The molecular weight excluding hydrogens is 259 g/mol. The number of hydrogen-bond acceptors (Lipinski definition) is 3. The van der Waals surface area contributed by atoms with E-state index >= 15 is 0 Å². The molecule has 1 amide bonds. The molecule has 20 heavy (non-hydrogen) atoms. The van der Waals surface area contributed by atoms with Crippen LogP contribution >= 0.6 is 0 Å². The number of halogens is 1. The van der Waals surface area contributed by atoms with E-state index in [0.717, 1.165) is 6.07 Å². The molecule has 0 aliphatic rings. The van der Waals surface area contributed by atoms with Gasteiger partial charge in [-0.15, -0.1) is 0 Å². The van der Waals surface area contributed by atoms with E-state index in [0.29, 0.717) is 5.56 Å². The number of hydrogen-bond donors (Lipinski definition) is 1. The Bertz CT molecular complexity index is 631. The molecule has 0 saturated heterocycles. The lowest BCUT2D eigenvalue weighted by atomic mass is 10.1. The quantitative estimate of drug-likeness (QED) is 0.876. The maximum atomic E-state index is 13.1. The van der Waals surface area contributed by atoms with Crippen molar-refractivity contribution < 1.29 is 14.3 Å². The van der Waals surface area contributed by atoms with Crippen LogP contribution in [0.25, 0.3) is 0 Å². The lowest BCUT2D eigenvalue weighted by Gasteiger charge is -2.26. The number of benzene rings is 1. The minimum absolute atomic E-state index is 0.126. The number of phenols is 1. The fourth-order valence-electron chi connectivity index (χ4n) is 1.96. The zero-order valence-electron chi connectivity index (χ0n) is 11.2. The minimum Gasteiger partial charge on any atom is -0.508 e. The van der Waals surface area contributed by atoms with Gasteiger partial charge in [0.05, 0.1) is 6.04 Å². The van der Waals surface area contributed by atoms with Crippen LogP contribution in [0.4, 0.5) is 4.39 Å². The van der Waals surface area contributed by atoms with Crippen LogP contribution in [-0.2, 0) is 0 Å². The summed E-state index contributed by atoms with van der Waals surface area (Å²) in [5, 5.41) is 9.82. The number of aromatic hydroxyl groups is 1. The molecule has 0 aliphatic carbocycles. The molecule has 104 valence electrons. The summed E-state index contributed by atoms with van der Waals surface area (Å²) in [5.41, 5.74) is 0.861. The number of pyridine rings is 1. The second-order valence-electron chi connectivity index (χ2n) is 4.52. The number of amides is 1. The highest BCUT2D eigenvalue weighted by Crippen LogP contribution is 2.27. The first-order valence-electron chi connectivity index (χ1n) is 6.17. The highest BCUT2D eigenvalue weighted by atomic mass is 19.1. The Hall–Kier alpha value is -2.43. The van der Waals surface area contributed by atoms with E-state index < -0.39 is 5.95 Å². The maximum Gasteiger partial charge on any atom is 0.254 e. The Morgan fingerprint density at radius 3 is 2.70 bits per heavy atom. The van der Waals surface area contributed by atoms with Gasteiger partial charge in [0.25, 0.3) is 5.91 Å². The molecule has 0 aliphatic heterocycles. The van der Waals surface area contributed by atoms with Crippen molar-refractivity contribution in [2.75, 3.05) is 7.05 Å². The van der Waals surface area contributed by atoms with Gasteiger partial charge in [0.15, 0.2) is 0 Å². The third-order valence-electron chi connectivity index (χ3n) is 3.26. The fourth-order valence-corrected chi connectivity index (χ4v) is 1.96. The minimum atomic E-state index is -0.695. The molecule has 1 heterocycles. The number of nitrogens with zero attached hydrogens (tertiary/aromatic N) is 2. The molecule has 0 radical (unpaired) electrons. The molecule has 2 aromatic rings. The van der Waals surface area contributed by atoms with Crippen LogP contribution in [0.5, 0.6) is 5.75 Å². The monoisotopic (exact) mass is 274 g/mol. The summed E-state index contributed by atoms with van der Waals surface area (Å²) in [4.78, 5) is 17.1. The molecule has 0 fully saturated rings. The van der Waals surface area contributed by atoms with Gasteiger partial charge >= 0.3 is 0 Å². The average Bonchev–Trinajstić information content (AvgIpc) is 2.45. The second kappa shape index (κ2) is 5.69. The third-order valence-corrected chi connectivity index (χ3v) is 3.26. The molecule has 5 heteroatoms. The van der Waals surface area contributed by atoms with Gasteiger partial charge in [-0.05, 0) is 19.1 Å². The number of para-hydroxylation sites is 1. The Kier molecular flexibility index (Phi) is 3.98. The smallest absolute Gasteiger partial charge is 0.254 e. The Morgan fingerprint density at radius 1 is 1.35 bits per heavy atom. The van der Waals surface area contributed by atoms with Crippen molar-refractivity contribution in [2.45, 2.75) is 13.0 Å². The highest BCUT2D eigenvalue weighted by molar-refractivity contribution is 5.94.